The molecule has 3 heterocycles. The maximum atomic E-state index is 14.8. The van der Waals surface area contributed by atoms with E-state index in [0.717, 1.165) is 0 Å². The van der Waals surface area contributed by atoms with E-state index in [0.29, 0.717) is 58.0 Å². The van der Waals surface area contributed by atoms with Gasteiger partial charge in [0.05, 0.1) is 31.4 Å². The molecule has 0 aliphatic heterocycles. The van der Waals surface area contributed by atoms with E-state index in [-0.39, 0.29) is 62.5 Å². The summed E-state index contributed by atoms with van der Waals surface area (Å²) in [4.78, 5) is 219. The molecule has 5 aromatic rings. The van der Waals surface area contributed by atoms with Crippen LogP contribution >= 0.6 is 25.3 Å². The number of aliphatic hydroxyl groups excluding tert-OH is 1. The predicted molar refractivity (Wildman–Crippen MR) is 415 cm³/mol. The van der Waals surface area contributed by atoms with Gasteiger partial charge in [0.2, 0.25) is 82.7 Å². The Balaban J connectivity index is 1.33. The van der Waals surface area contributed by atoms with Gasteiger partial charge in [-0.15, -0.1) is 0 Å². The lowest BCUT2D eigenvalue weighted by Gasteiger charge is -2.29. The van der Waals surface area contributed by atoms with Gasteiger partial charge in [0.15, 0.2) is 0 Å². The summed E-state index contributed by atoms with van der Waals surface area (Å²) in [6.07, 6.45) is 3.60. The van der Waals surface area contributed by atoms with Gasteiger partial charge in [0.25, 0.3) is 0 Å². The molecule has 39 heteroatoms. The van der Waals surface area contributed by atoms with Crippen LogP contribution in [-0.4, -0.2) is 229 Å². The number of rotatable bonds is 49. The fourth-order valence-corrected chi connectivity index (χ4v) is 12.3. The third kappa shape index (κ3) is 29.3. The highest BCUT2D eigenvalue weighted by Crippen LogP contribution is 2.22. The Morgan fingerprint density at radius 2 is 0.982 bits per heavy atom. The third-order valence-corrected chi connectivity index (χ3v) is 18.5. The minimum absolute atomic E-state index is 0.0472. The fourth-order valence-electron chi connectivity index (χ4n) is 11.8. The number of fused-ring (bicyclic) bond motifs is 2. The Kier molecular flexibility index (Phi) is 37.3. The average Bonchev–Trinajstić information content (AvgIpc) is 1.70. The van der Waals surface area contributed by atoms with Crippen LogP contribution in [0.1, 0.15) is 117 Å². The molecule has 6 unspecified atom stereocenters. The summed E-state index contributed by atoms with van der Waals surface area (Å²) in [6.45, 7) is 10.7. The molecule has 37 nitrogen and oxygen atoms in total. The van der Waals surface area contributed by atoms with E-state index in [1.807, 2.05) is 6.92 Å². The molecule has 111 heavy (non-hydrogen) atoms. The number of para-hydroxylation sites is 2. The van der Waals surface area contributed by atoms with Gasteiger partial charge in [0.1, 0.15) is 66.5 Å². The monoisotopic (exact) mass is 1590 g/mol. The molecule has 0 saturated carbocycles. The Morgan fingerprint density at radius 1 is 0.514 bits per heavy atom. The molecule has 608 valence electrons. The van der Waals surface area contributed by atoms with Crippen molar-refractivity contribution in [2.75, 3.05) is 31.1 Å². The number of nitrogens with two attached hydrogens (primary N) is 3. The number of H-pyrrole nitrogens is 3. The number of carboxylic acid groups (broad SMARTS) is 1. The summed E-state index contributed by atoms with van der Waals surface area (Å²) in [5.41, 5.74) is 19.6. The van der Waals surface area contributed by atoms with Crippen LogP contribution in [-0.2, 0) is 91.2 Å². The lowest BCUT2D eigenvalue weighted by molar-refractivity contribution is -0.140. The zero-order chi connectivity index (χ0) is 82.2. The van der Waals surface area contributed by atoms with Crippen molar-refractivity contribution in [3.05, 3.63) is 90.3 Å². The lowest BCUT2D eigenvalue weighted by atomic mass is 9.98. The average molecular weight is 1590 g/mol. The van der Waals surface area contributed by atoms with Crippen molar-refractivity contribution in [2.45, 2.75) is 198 Å². The maximum Gasteiger partial charge on any atom is 0.305 e. The first-order chi connectivity index (χ1) is 52.7. The first-order valence-corrected chi connectivity index (χ1v) is 37.8. The molecule has 0 aliphatic rings. The second-order valence-electron chi connectivity index (χ2n) is 27.7. The molecule has 5 rings (SSSR count). The number of aromatic amines is 3. The van der Waals surface area contributed by atoms with Gasteiger partial charge in [-0.25, -0.2) is 4.98 Å². The standard InChI is InChI=1S/C72H106N20O17S2/c1-8-23-77-49(28-58(96)97)65(102)89-54(33-110)70(107)82-38(6)62(99)85-51(25-40-29-78-45-17-11-9-15-43(40)45)66(103)87-53(27-42-31-76-35-81-42)68(105)84-47(19-13-14-22-73)63(100)80-32-57(95)83-48(20-21-56(74)94)64(101)86-50(24-36(2)3)69(106)91-59(37(4)5)72(109)88-52(26-41-30-79-46-18-12-10-16-44(41)46)67(104)90-55(34-111)71(108)92-60(39(7)93)61(75)98/h9-12,15-18,29-31,35-39,47-55,59-60,77-79,93,110-111H,8,13-14,19-28,32-34,73H2,1-7H3,(H2,74,94)(H2,75,98)(H,76,81)(H,80,100)(H,82,107)(H,83,95)(H,84,105)(H,85,99)(H,86,101)(H,87,103)(H,88,109)(H,89,102)(H,90,104)(H,91,106)(H,92,108)(H,96,97)/t38-,39+,47?,48?,49-,50-,51?,52-,53-,54?,55?,59?,60-/m0/s1. The predicted octanol–water partition coefficient (Wildman–Crippen LogP) is -3.47. The minimum atomic E-state index is -1.59. The van der Waals surface area contributed by atoms with Crippen LogP contribution in [0.15, 0.2) is 73.4 Å². The Bertz CT molecular complexity index is 4020. The number of thiol groups is 2. The molecule has 14 amide bonds. The second-order valence-corrected chi connectivity index (χ2v) is 28.4. The number of nitrogens with one attached hydrogen (secondary N) is 16. The summed E-state index contributed by atoms with van der Waals surface area (Å²) < 4.78 is 0. The van der Waals surface area contributed by atoms with Crippen molar-refractivity contribution in [3.8, 4) is 0 Å². The highest BCUT2D eigenvalue weighted by atomic mass is 32.1. The minimum Gasteiger partial charge on any atom is -0.481 e. The van der Waals surface area contributed by atoms with Crippen molar-refractivity contribution in [2.24, 2.45) is 29.0 Å². The number of carboxylic acids is 1. The van der Waals surface area contributed by atoms with Gasteiger partial charge in [-0.2, -0.15) is 25.3 Å². The SMILES string of the molecule is CCCN[C@@H](CC(=O)O)C(=O)NC(CS)C(=O)N[C@@H](C)C(=O)NC(Cc1c[nH]c2ccccc12)C(=O)N[C@@H](Cc1cnc[nH]1)C(=O)NC(CCCCN)C(=O)NCC(=O)NC(CCC(N)=O)C(=O)N[C@@H](CC(C)C)C(=O)NC(C(=O)N[C@@H](Cc1c[nH]c2ccccc12)C(=O)NC(CS)C(=O)N[C@H](C(N)=O)[C@@H](C)O)C(C)C. The van der Waals surface area contributed by atoms with Gasteiger partial charge in [-0.1, -0.05) is 71.0 Å². The van der Waals surface area contributed by atoms with Crippen LogP contribution in [0.4, 0.5) is 0 Å². The van der Waals surface area contributed by atoms with Gasteiger partial charge in [-0.3, -0.25) is 71.9 Å². The molecular weight excluding hydrogens is 1480 g/mol. The van der Waals surface area contributed by atoms with Gasteiger partial charge >= 0.3 is 5.97 Å². The normalized spacial score (nSPS) is 14.9. The number of hydrogen-bond donors (Lipinski definition) is 23. The molecule has 3 aromatic heterocycles. The number of aliphatic hydroxyl groups is 1. The molecular formula is C72H106N20O17S2. The summed E-state index contributed by atoms with van der Waals surface area (Å²) in [6, 6.07) is -2.87. The van der Waals surface area contributed by atoms with E-state index in [9.17, 15) is 82.1 Å². The molecule has 0 spiro atoms. The third-order valence-electron chi connectivity index (χ3n) is 17.8. The largest absolute Gasteiger partial charge is 0.481 e. The molecule has 0 aliphatic carbocycles. The first-order valence-electron chi connectivity index (χ1n) is 36.5. The lowest BCUT2D eigenvalue weighted by Crippen LogP contribution is -2.61. The van der Waals surface area contributed by atoms with Gasteiger partial charge < -0.3 is 111 Å². The zero-order valence-electron chi connectivity index (χ0n) is 63.0. The highest BCUT2D eigenvalue weighted by Gasteiger charge is 2.38. The van der Waals surface area contributed by atoms with E-state index in [2.05, 4.69) is 114 Å². The quantitative estimate of drug-likeness (QED) is 0.0133. The first kappa shape index (κ1) is 91.0. The Hall–Kier alpha value is -10.6. The molecule has 0 radical (unpaired) electrons. The number of hydrogen-bond acceptors (Lipinski definition) is 21. The molecule has 24 N–H and O–H groups in total. The van der Waals surface area contributed by atoms with Crippen molar-refractivity contribution in [3.63, 3.8) is 0 Å². The van der Waals surface area contributed by atoms with Crippen molar-refractivity contribution >= 4 is 136 Å². The molecule has 2 aromatic carbocycles. The maximum absolute atomic E-state index is 14.8. The fraction of sp³-hybridized carbons (Fsp3) is 0.528. The highest BCUT2D eigenvalue weighted by molar-refractivity contribution is 7.80. The summed E-state index contributed by atoms with van der Waals surface area (Å²) >= 11 is 8.44. The van der Waals surface area contributed by atoms with E-state index in [1.165, 1.54) is 26.4 Å². The second kappa shape index (κ2) is 45.5. The van der Waals surface area contributed by atoms with Crippen LogP contribution in [0.25, 0.3) is 21.8 Å². The van der Waals surface area contributed by atoms with E-state index < -0.39 is 199 Å². The summed E-state index contributed by atoms with van der Waals surface area (Å²) in [7, 11) is 0. The molecule has 0 fully saturated rings. The van der Waals surface area contributed by atoms with E-state index in [1.54, 1.807) is 88.6 Å². The van der Waals surface area contributed by atoms with Crippen LogP contribution in [0.5, 0.6) is 0 Å². The van der Waals surface area contributed by atoms with Crippen molar-refractivity contribution in [1.29, 1.82) is 0 Å². The number of primary amides is 2. The Labute approximate surface area is 652 Å². The number of aliphatic carboxylic acids is 1. The van der Waals surface area contributed by atoms with Crippen LogP contribution in [0.3, 0.4) is 0 Å². The van der Waals surface area contributed by atoms with Crippen LogP contribution < -0.4 is 86.3 Å². The van der Waals surface area contributed by atoms with Crippen molar-refractivity contribution in [1.82, 2.24) is 89.1 Å². The number of nitrogens with zero attached hydrogens (tertiary/aromatic N) is 1. The number of aromatic nitrogens is 4. The zero-order valence-corrected chi connectivity index (χ0v) is 64.8. The van der Waals surface area contributed by atoms with Crippen LogP contribution in [0, 0.1) is 11.8 Å². The summed E-state index contributed by atoms with van der Waals surface area (Å²) in [5, 5.41) is 54.6. The molecule has 13 atom stereocenters. The van der Waals surface area contributed by atoms with E-state index in [4.69, 9.17) is 17.2 Å². The number of carbonyl (C=O) groups is 15. The number of amides is 14. The van der Waals surface area contributed by atoms with Crippen molar-refractivity contribution < 1.29 is 82.1 Å². The Morgan fingerprint density at radius 3 is 1.48 bits per heavy atom. The number of carbonyl (C=O) groups excluding carboxylic acids is 14. The smallest absolute Gasteiger partial charge is 0.305 e. The van der Waals surface area contributed by atoms with E-state index >= 15 is 0 Å². The van der Waals surface area contributed by atoms with Gasteiger partial charge in [-0.05, 0) is 101 Å². The number of imidazole rings is 1. The summed E-state index contributed by atoms with van der Waals surface area (Å²) in [5.74, 6) is -15.5. The number of unbranched alkanes of at least 4 members (excludes halogenated alkanes) is 1. The van der Waals surface area contributed by atoms with Crippen LogP contribution in [0.2, 0.25) is 0 Å². The topological polar surface area (TPSA) is 591 Å². The molecule has 0 bridgehead atoms. The molecule has 0 saturated heterocycles. The van der Waals surface area contributed by atoms with Gasteiger partial charge in [0, 0.05) is 83.3 Å². The number of benzene rings is 2.